The van der Waals surface area contributed by atoms with Crippen molar-refractivity contribution >= 4 is 40.5 Å². The number of halogens is 1. The summed E-state index contributed by atoms with van der Waals surface area (Å²) in [5.74, 6) is 0.935. The molecule has 24 heavy (non-hydrogen) atoms. The SMILES string of the molecule is CCOC(=O)c1csc(C2CCN(c3ncnc(N)c3Cl)CC2)n1. The Kier molecular flexibility index (Phi) is 5.15. The van der Waals surface area contributed by atoms with E-state index in [2.05, 4.69) is 19.9 Å². The number of nitrogen functional groups attached to an aromatic ring is 1. The van der Waals surface area contributed by atoms with Gasteiger partial charge in [-0.2, -0.15) is 0 Å². The molecule has 3 rings (SSSR count). The predicted molar refractivity (Wildman–Crippen MR) is 93.7 cm³/mol. The fourth-order valence-corrected chi connectivity index (χ4v) is 3.88. The molecule has 1 aliphatic rings. The van der Waals surface area contributed by atoms with E-state index in [4.69, 9.17) is 22.1 Å². The van der Waals surface area contributed by atoms with Gasteiger partial charge < -0.3 is 15.4 Å². The fourth-order valence-electron chi connectivity index (χ4n) is 2.71. The van der Waals surface area contributed by atoms with E-state index < -0.39 is 0 Å². The van der Waals surface area contributed by atoms with Crippen molar-refractivity contribution in [2.24, 2.45) is 0 Å². The highest BCUT2D eigenvalue weighted by Crippen LogP contribution is 2.34. The highest BCUT2D eigenvalue weighted by atomic mass is 35.5. The number of hydrogen-bond donors (Lipinski definition) is 1. The summed E-state index contributed by atoms with van der Waals surface area (Å²) in [5.41, 5.74) is 6.13. The summed E-state index contributed by atoms with van der Waals surface area (Å²) in [6, 6.07) is 0. The normalized spacial score (nSPS) is 15.5. The van der Waals surface area contributed by atoms with Gasteiger partial charge in [0.05, 0.1) is 11.6 Å². The predicted octanol–water partition coefficient (Wildman–Crippen LogP) is 2.73. The van der Waals surface area contributed by atoms with Crippen LogP contribution in [0.3, 0.4) is 0 Å². The summed E-state index contributed by atoms with van der Waals surface area (Å²) in [6.45, 7) is 3.74. The molecule has 1 saturated heterocycles. The summed E-state index contributed by atoms with van der Waals surface area (Å²) in [7, 11) is 0. The van der Waals surface area contributed by atoms with Gasteiger partial charge in [-0.1, -0.05) is 11.6 Å². The van der Waals surface area contributed by atoms with Crippen molar-refractivity contribution < 1.29 is 9.53 Å². The van der Waals surface area contributed by atoms with Crippen molar-refractivity contribution in [2.75, 3.05) is 30.3 Å². The number of carbonyl (C=O) groups excluding carboxylic acids is 1. The van der Waals surface area contributed by atoms with Gasteiger partial charge in [0.25, 0.3) is 0 Å². The highest BCUT2D eigenvalue weighted by Gasteiger charge is 2.26. The minimum atomic E-state index is -0.360. The number of rotatable bonds is 4. The number of nitrogens with two attached hydrogens (primary N) is 1. The monoisotopic (exact) mass is 367 g/mol. The Hall–Kier alpha value is -1.93. The first-order valence-corrected chi connectivity index (χ1v) is 8.99. The van der Waals surface area contributed by atoms with Crippen molar-refractivity contribution in [3.8, 4) is 0 Å². The highest BCUT2D eigenvalue weighted by molar-refractivity contribution is 7.09. The molecule has 3 heterocycles. The third kappa shape index (κ3) is 3.44. The maximum atomic E-state index is 11.7. The second kappa shape index (κ2) is 7.31. The third-order valence-corrected chi connectivity index (χ3v) is 5.32. The van der Waals surface area contributed by atoms with E-state index in [1.54, 1.807) is 12.3 Å². The van der Waals surface area contributed by atoms with Crippen LogP contribution in [0.5, 0.6) is 0 Å². The van der Waals surface area contributed by atoms with E-state index in [1.807, 2.05) is 0 Å². The first-order chi connectivity index (χ1) is 11.6. The lowest BCUT2D eigenvalue weighted by atomic mass is 9.97. The third-order valence-electron chi connectivity index (χ3n) is 3.95. The Morgan fingerprint density at radius 2 is 2.21 bits per heavy atom. The molecule has 7 nitrogen and oxygen atoms in total. The van der Waals surface area contributed by atoms with Crippen LogP contribution in [-0.4, -0.2) is 40.6 Å². The Balaban J connectivity index is 1.65. The van der Waals surface area contributed by atoms with Gasteiger partial charge >= 0.3 is 5.97 Å². The summed E-state index contributed by atoms with van der Waals surface area (Å²) in [4.78, 5) is 26.4. The number of anilines is 2. The summed E-state index contributed by atoms with van der Waals surface area (Å²) in [5, 5.41) is 3.14. The van der Waals surface area contributed by atoms with E-state index in [-0.39, 0.29) is 5.97 Å². The molecule has 1 fully saturated rings. The maximum absolute atomic E-state index is 11.7. The molecular formula is C15H18ClN5O2S. The Bertz CT molecular complexity index is 730. The standard InChI is InChI=1S/C15H18ClN5O2S/c1-2-23-15(22)10-7-24-14(20-10)9-3-5-21(6-4-9)13-11(16)12(17)18-8-19-13/h7-9H,2-6H2,1H3,(H2,17,18,19). The largest absolute Gasteiger partial charge is 0.461 e. The van der Waals surface area contributed by atoms with Crippen LogP contribution in [0.15, 0.2) is 11.7 Å². The second-order valence-corrected chi connectivity index (χ2v) is 6.72. The van der Waals surface area contributed by atoms with Gasteiger partial charge in [-0.15, -0.1) is 11.3 Å². The minimum absolute atomic E-state index is 0.294. The minimum Gasteiger partial charge on any atom is -0.461 e. The number of hydrogen-bond acceptors (Lipinski definition) is 8. The van der Waals surface area contributed by atoms with E-state index in [1.165, 1.54) is 17.7 Å². The molecule has 0 amide bonds. The average Bonchev–Trinajstić information content (AvgIpc) is 3.08. The summed E-state index contributed by atoms with van der Waals surface area (Å²) < 4.78 is 4.98. The number of carbonyl (C=O) groups is 1. The number of esters is 1. The molecule has 2 aromatic heterocycles. The van der Waals surface area contributed by atoms with Crippen molar-refractivity contribution in [1.82, 2.24) is 15.0 Å². The van der Waals surface area contributed by atoms with Crippen LogP contribution in [0, 0.1) is 0 Å². The molecule has 0 atom stereocenters. The van der Waals surface area contributed by atoms with Gasteiger partial charge in [0, 0.05) is 24.4 Å². The van der Waals surface area contributed by atoms with Crippen molar-refractivity contribution in [2.45, 2.75) is 25.7 Å². The van der Waals surface area contributed by atoms with Crippen LogP contribution < -0.4 is 10.6 Å². The molecule has 2 aromatic rings. The molecule has 0 saturated carbocycles. The lowest BCUT2D eigenvalue weighted by Crippen LogP contribution is -2.33. The molecule has 0 unspecified atom stereocenters. The van der Waals surface area contributed by atoms with Gasteiger partial charge in [-0.3, -0.25) is 0 Å². The molecular weight excluding hydrogens is 350 g/mol. The van der Waals surface area contributed by atoms with Crippen molar-refractivity contribution in [3.63, 3.8) is 0 Å². The number of ether oxygens (including phenoxy) is 1. The second-order valence-electron chi connectivity index (χ2n) is 5.45. The van der Waals surface area contributed by atoms with Gasteiger partial charge in [-0.05, 0) is 19.8 Å². The Morgan fingerprint density at radius 1 is 1.46 bits per heavy atom. The summed E-state index contributed by atoms with van der Waals surface area (Å²) in [6.07, 6.45) is 3.25. The van der Waals surface area contributed by atoms with Crippen molar-refractivity contribution in [3.05, 3.63) is 27.4 Å². The van der Waals surface area contributed by atoms with Crippen LogP contribution in [0.4, 0.5) is 11.6 Å². The quantitative estimate of drug-likeness (QED) is 0.830. The number of thiazole rings is 1. The zero-order valence-corrected chi connectivity index (χ0v) is 14.8. The van der Waals surface area contributed by atoms with Crippen LogP contribution in [0.2, 0.25) is 5.02 Å². The zero-order chi connectivity index (χ0) is 17.1. The molecule has 128 valence electrons. The fraction of sp³-hybridized carbons (Fsp3) is 0.467. The van der Waals surface area contributed by atoms with E-state index in [9.17, 15) is 4.79 Å². The molecule has 0 radical (unpaired) electrons. The van der Waals surface area contributed by atoms with Gasteiger partial charge in [0.1, 0.15) is 17.2 Å². The van der Waals surface area contributed by atoms with Gasteiger partial charge in [0.2, 0.25) is 0 Å². The molecule has 9 heteroatoms. The maximum Gasteiger partial charge on any atom is 0.357 e. The summed E-state index contributed by atoms with van der Waals surface area (Å²) >= 11 is 7.71. The molecule has 1 aliphatic heterocycles. The van der Waals surface area contributed by atoms with Crippen LogP contribution in [0.25, 0.3) is 0 Å². The molecule has 0 bridgehead atoms. The first-order valence-electron chi connectivity index (χ1n) is 7.73. The number of aromatic nitrogens is 3. The van der Waals surface area contributed by atoms with E-state index in [0.29, 0.717) is 34.9 Å². The van der Waals surface area contributed by atoms with Crippen LogP contribution >= 0.6 is 22.9 Å². The lowest BCUT2D eigenvalue weighted by molar-refractivity contribution is 0.0520. The topological polar surface area (TPSA) is 94.2 Å². The van der Waals surface area contributed by atoms with Crippen LogP contribution in [-0.2, 0) is 4.74 Å². The molecule has 0 spiro atoms. The number of piperidine rings is 1. The Morgan fingerprint density at radius 3 is 2.92 bits per heavy atom. The molecule has 0 aliphatic carbocycles. The van der Waals surface area contributed by atoms with E-state index >= 15 is 0 Å². The average molecular weight is 368 g/mol. The first kappa shape index (κ1) is 16.9. The van der Waals surface area contributed by atoms with E-state index in [0.717, 1.165) is 30.9 Å². The van der Waals surface area contributed by atoms with Gasteiger partial charge in [-0.25, -0.2) is 19.7 Å². The lowest BCUT2D eigenvalue weighted by Gasteiger charge is -2.32. The zero-order valence-electron chi connectivity index (χ0n) is 13.2. The van der Waals surface area contributed by atoms with Gasteiger partial charge in [0.15, 0.2) is 11.5 Å². The molecule has 2 N–H and O–H groups in total. The van der Waals surface area contributed by atoms with Crippen LogP contribution in [0.1, 0.15) is 41.2 Å². The smallest absolute Gasteiger partial charge is 0.357 e. The van der Waals surface area contributed by atoms with Crippen molar-refractivity contribution in [1.29, 1.82) is 0 Å². The Labute approximate surface area is 148 Å². The molecule has 0 aromatic carbocycles. The number of nitrogens with zero attached hydrogens (tertiary/aromatic N) is 4.